The van der Waals surface area contributed by atoms with Gasteiger partial charge in [-0.25, -0.2) is 10.5 Å². The van der Waals surface area contributed by atoms with E-state index in [1.807, 2.05) is 0 Å². The van der Waals surface area contributed by atoms with Gasteiger partial charge >= 0.3 is 0 Å². The van der Waals surface area contributed by atoms with Gasteiger partial charge in [0.05, 0.1) is 18.1 Å². The number of fused-ring (bicyclic) bond motifs is 1. The van der Waals surface area contributed by atoms with Crippen LogP contribution in [-0.4, -0.2) is 51.2 Å². The zero-order chi connectivity index (χ0) is 19.3. The first kappa shape index (κ1) is 24.1. The molecule has 1 aliphatic carbocycles. The lowest BCUT2D eigenvalue weighted by molar-refractivity contribution is -0.124. The highest BCUT2D eigenvalue weighted by molar-refractivity contribution is 5.90. The van der Waals surface area contributed by atoms with E-state index in [2.05, 4.69) is 44.5 Å². The first-order valence-electron chi connectivity index (χ1n) is 9.73. The molecule has 2 aliphatic rings. The van der Waals surface area contributed by atoms with Crippen molar-refractivity contribution < 1.29 is 10.0 Å². The molecule has 162 valence electrons. The summed E-state index contributed by atoms with van der Waals surface area (Å²) in [5, 5.41) is 12.0. The van der Waals surface area contributed by atoms with Gasteiger partial charge in [0.25, 0.3) is 5.91 Å². The Hall–Kier alpha value is -2.19. The zero-order valence-corrected chi connectivity index (χ0v) is 18.2. The second-order valence-electron chi connectivity index (χ2n) is 7.45. The van der Waals surface area contributed by atoms with E-state index in [0.717, 1.165) is 38.2 Å². The molecule has 1 aliphatic heterocycles. The van der Waals surface area contributed by atoms with Crippen LogP contribution in [0.1, 0.15) is 29.7 Å². The van der Waals surface area contributed by atoms with E-state index < -0.39 is 5.91 Å². The summed E-state index contributed by atoms with van der Waals surface area (Å²) in [7, 11) is 0. The number of anilines is 1. The summed E-state index contributed by atoms with van der Waals surface area (Å²) in [5.74, 6) is 0.144. The SMILES string of the molecule is Cl.Cl.O=C(C=Cc1cnc(N[C@@H]2CCCN(C3Cc4ccccc4C3)C2)cn1)NO. The third-order valence-corrected chi connectivity index (χ3v) is 5.54. The van der Waals surface area contributed by atoms with Gasteiger partial charge in [-0.3, -0.25) is 19.9 Å². The summed E-state index contributed by atoms with van der Waals surface area (Å²) in [5.41, 5.74) is 5.09. The van der Waals surface area contributed by atoms with Crippen LogP contribution < -0.4 is 10.8 Å². The van der Waals surface area contributed by atoms with Crippen molar-refractivity contribution in [1.82, 2.24) is 20.3 Å². The van der Waals surface area contributed by atoms with Crippen molar-refractivity contribution in [2.24, 2.45) is 0 Å². The molecule has 1 saturated heterocycles. The molecular weight excluding hydrogens is 425 g/mol. The largest absolute Gasteiger partial charge is 0.365 e. The van der Waals surface area contributed by atoms with Crippen LogP contribution in [0.15, 0.2) is 42.7 Å². The fourth-order valence-electron chi connectivity index (χ4n) is 4.16. The normalized spacial score (nSPS) is 18.9. The minimum absolute atomic E-state index is 0. The molecule has 0 radical (unpaired) electrons. The van der Waals surface area contributed by atoms with Gasteiger partial charge in [-0.05, 0) is 49.4 Å². The topological polar surface area (TPSA) is 90.4 Å². The third-order valence-electron chi connectivity index (χ3n) is 5.54. The number of halogens is 2. The van der Waals surface area contributed by atoms with E-state index in [1.165, 1.54) is 29.7 Å². The molecule has 2 heterocycles. The number of nitrogens with one attached hydrogen (secondary N) is 2. The van der Waals surface area contributed by atoms with Crippen LogP contribution in [0, 0.1) is 0 Å². The van der Waals surface area contributed by atoms with E-state index in [4.69, 9.17) is 5.21 Å². The van der Waals surface area contributed by atoms with Gasteiger partial charge in [-0.1, -0.05) is 24.3 Å². The number of aromatic nitrogens is 2. The van der Waals surface area contributed by atoms with Crippen LogP contribution in [0.25, 0.3) is 6.08 Å². The number of hydrogen-bond donors (Lipinski definition) is 3. The maximum Gasteiger partial charge on any atom is 0.267 e. The predicted molar refractivity (Wildman–Crippen MR) is 121 cm³/mol. The van der Waals surface area contributed by atoms with Crippen LogP contribution >= 0.6 is 24.8 Å². The lowest BCUT2D eigenvalue weighted by Crippen LogP contribution is -2.47. The molecule has 0 spiro atoms. The minimum Gasteiger partial charge on any atom is -0.365 e. The van der Waals surface area contributed by atoms with Gasteiger partial charge in [0, 0.05) is 24.7 Å². The Kier molecular flexibility index (Phi) is 9.05. The second kappa shape index (κ2) is 11.3. The summed E-state index contributed by atoms with van der Waals surface area (Å²) < 4.78 is 0. The summed E-state index contributed by atoms with van der Waals surface area (Å²) >= 11 is 0. The Morgan fingerprint density at radius 1 is 1.13 bits per heavy atom. The van der Waals surface area contributed by atoms with Crippen LogP contribution in [-0.2, 0) is 17.6 Å². The van der Waals surface area contributed by atoms with Gasteiger partial charge < -0.3 is 5.32 Å². The van der Waals surface area contributed by atoms with Gasteiger partial charge in [0.15, 0.2) is 0 Å². The minimum atomic E-state index is -0.597. The number of nitrogens with zero attached hydrogens (tertiary/aromatic N) is 3. The highest BCUT2D eigenvalue weighted by Crippen LogP contribution is 2.27. The molecule has 0 bridgehead atoms. The Bertz CT molecular complexity index is 838. The molecule has 3 N–H and O–H groups in total. The fraction of sp³-hybridized carbons (Fsp3) is 0.381. The van der Waals surface area contributed by atoms with Crippen molar-refractivity contribution in [2.45, 2.75) is 37.8 Å². The maximum absolute atomic E-state index is 11.0. The maximum atomic E-state index is 11.0. The number of likely N-dealkylation sites (tertiary alicyclic amines) is 1. The lowest BCUT2D eigenvalue weighted by Gasteiger charge is -2.37. The van der Waals surface area contributed by atoms with Crippen molar-refractivity contribution in [3.8, 4) is 0 Å². The molecule has 4 rings (SSSR count). The first-order valence-corrected chi connectivity index (χ1v) is 9.73. The average molecular weight is 452 g/mol. The Morgan fingerprint density at radius 3 is 2.50 bits per heavy atom. The molecule has 1 aromatic heterocycles. The van der Waals surface area contributed by atoms with E-state index >= 15 is 0 Å². The number of carbonyl (C=O) groups excluding carboxylic acids is 1. The van der Waals surface area contributed by atoms with E-state index in [1.54, 1.807) is 17.9 Å². The Labute approximate surface area is 188 Å². The second-order valence-corrected chi connectivity index (χ2v) is 7.45. The number of hydrogen-bond acceptors (Lipinski definition) is 6. The highest BCUT2D eigenvalue weighted by atomic mass is 35.5. The number of carbonyl (C=O) groups is 1. The molecule has 1 aromatic carbocycles. The first-order chi connectivity index (χ1) is 13.7. The van der Waals surface area contributed by atoms with Crippen LogP contribution in [0.5, 0.6) is 0 Å². The molecule has 1 amide bonds. The lowest BCUT2D eigenvalue weighted by atomic mass is 10.0. The average Bonchev–Trinajstić information content (AvgIpc) is 3.17. The number of rotatable bonds is 5. The monoisotopic (exact) mass is 451 g/mol. The summed E-state index contributed by atoms with van der Waals surface area (Å²) in [4.78, 5) is 22.3. The predicted octanol–water partition coefficient (Wildman–Crippen LogP) is 2.88. The molecule has 30 heavy (non-hydrogen) atoms. The van der Waals surface area contributed by atoms with Gasteiger partial charge in [0.2, 0.25) is 0 Å². The van der Waals surface area contributed by atoms with E-state index in [-0.39, 0.29) is 24.8 Å². The molecule has 2 aromatic rings. The van der Waals surface area contributed by atoms with Crippen molar-refractivity contribution in [3.05, 3.63) is 59.6 Å². The molecule has 0 saturated carbocycles. The highest BCUT2D eigenvalue weighted by Gasteiger charge is 2.30. The van der Waals surface area contributed by atoms with Crippen LogP contribution in [0.2, 0.25) is 0 Å². The number of hydroxylamine groups is 1. The zero-order valence-electron chi connectivity index (χ0n) is 16.5. The van der Waals surface area contributed by atoms with Crippen LogP contribution in [0.4, 0.5) is 5.82 Å². The molecule has 9 heteroatoms. The van der Waals surface area contributed by atoms with Crippen molar-refractivity contribution in [2.75, 3.05) is 18.4 Å². The molecule has 1 fully saturated rings. The standard InChI is InChI=1S/C21H25N5O2.2ClH/c27-21(25-28)8-7-17-12-23-20(13-22-17)24-18-6-3-9-26(14-18)19-10-15-4-1-2-5-16(15)11-19;;/h1-2,4-5,7-8,12-13,18-19,28H,3,6,9-11,14H2,(H,23,24)(H,25,27);2*1H/t18-;;/m1../s1. The van der Waals surface area contributed by atoms with Gasteiger partial charge in [-0.2, -0.15) is 0 Å². The van der Waals surface area contributed by atoms with E-state index in [9.17, 15) is 4.79 Å². The number of piperidine rings is 1. The number of amides is 1. The van der Waals surface area contributed by atoms with Gasteiger partial charge in [-0.15, -0.1) is 24.8 Å². The van der Waals surface area contributed by atoms with Crippen LogP contribution in [0.3, 0.4) is 0 Å². The Balaban J connectivity index is 0.00000160. The molecule has 7 nitrogen and oxygen atoms in total. The van der Waals surface area contributed by atoms with Crippen molar-refractivity contribution in [3.63, 3.8) is 0 Å². The summed E-state index contributed by atoms with van der Waals surface area (Å²) in [6, 6.07) is 9.73. The van der Waals surface area contributed by atoms with Crippen molar-refractivity contribution >= 4 is 42.6 Å². The molecular formula is C21H27Cl2N5O2. The fourth-order valence-corrected chi connectivity index (χ4v) is 4.16. The third kappa shape index (κ3) is 5.92. The van der Waals surface area contributed by atoms with E-state index in [0.29, 0.717) is 17.8 Å². The number of benzene rings is 1. The van der Waals surface area contributed by atoms with Gasteiger partial charge in [0.1, 0.15) is 5.82 Å². The smallest absolute Gasteiger partial charge is 0.267 e. The summed E-state index contributed by atoms with van der Waals surface area (Å²) in [6.07, 6.45) is 10.6. The molecule has 0 unspecified atom stereocenters. The Morgan fingerprint density at radius 2 is 1.87 bits per heavy atom. The molecule has 1 atom stereocenters. The summed E-state index contributed by atoms with van der Waals surface area (Å²) in [6.45, 7) is 2.16. The van der Waals surface area contributed by atoms with Crippen molar-refractivity contribution in [1.29, 1.82) is 0 Å². The quantitative estimate of drug-likeness (QED) is 0.367.